The van der Waals surface area contributed by atoms with Gasteiger partial charge < -0.3 is 20.3 Å². The van der Waals surface area contributed by atoms with Gasteiger partial charge >= 0.3 is 6.36 Å². The lowest BCUT2D eigenvalue weighted by Gasteiger charge is -2.16. The van der Waals surface area contributed by atoms with Crippen LogP contribution in [-0.4, -0.2) is 18.1 Å². The lowest BCUT2D eigenvalue weighted by molar-refractivity contribution is -0.274. The highest BCUT2D eigenvalue weighted by molar-refractivity contribution is 5.45. The van der Waals surface area contributed by atoms with Crippen LogP contribution in [0.3, 0.4) is 0 Å². The van der Waals surface area contributed by atoms with Crippen LogP contribution in [0.15, 0.2) is 42.5 Å². The molecule has 0 fully saturated rings. The maximum absolute atomic E-state index is 12.1. The number of rotatable bonds is 5. The van der Waals surface area contributed by atoms with Crippen molar-refractivity contribution in [3.8, 4) is 17.2 Å². The molecule has 0 saturated carbocycles. The fourth-order valence-corrected chi connectivity index (χ4v) is 2.06. The van der Waals surface area contributed by atoms with Crippen molar-refractivity contribution in [3.63, 3.8) is 0 Å². The molecular formula is C16H16F3NO3. The van der Waals surface area contributed by atoms with Crippen LogP contribution in [0.25, 0.3) is 0 Å². The first kappa shape index (κ1) is 17.0. The fraction of sp³-hybridized carbons (Fsp3) is 0.250. The highest BCUT2D eigenvalue weighted by Gasteiger charge is 2.31. The molecule has 2 aromatic rings. The summed E-state index contributed by atoms with van der Waals surface area (Å²) in [6.45, 7) is 2.17. The Bertz CT molecular complexity index is 657. The van der Waals surface area contributed by atoms with E-state index in [-0.39, 0.29) is 11.5 Å². The van der Waals surface area contributed by atoms with Gasteiger partial charge in [-0.25, -0.2) is 0 Å². The molecule has 0 bridgehead atoms. The second kappa shape index (κ2) is 6.78. The number of phenolic OH excluding ortho intramolecular Hbond substituents is 1. The van der Waals surface area contributed by atoms with Gasteiger partial charge in [-0.05, 0) is 42.3 Å². The van der Waals surface area contributed by atoms with Crippen LogP contribution >= 0.6 is 0 Å². The van der Waals surface area contributed by atoms with Crippen molar-refractivity contribution in [1.82, 2.24) is 0 Å². The SMILES string of the molecule is CCOc1cc([C@H](N)c2ccc(OC(F)(F)F)cc2)ccc1O. The second-order valence-corrected chi connectivity index (χ2v) is 4.75. The third-order valence-electron chi connectivity index (χ3n) is 3.12. The number of alkyl halides is 3. The smallest absolute Gasteiger partial charge is 0.504 e. The summed E-state index contributed by atoms with van der Waals surface area (Å²) in [4.78, 5) is 0. The second-order valence-electron chi connectivity index (χ2n) is 4.75. The van der Waals surface area contributed by atoms with Gasteiger partial charge in [0.15, 0.2) is 11.5 Å². The Kier molecular flexibility index (Phi) is 5.00. The van der Waals surface area contributed by atoms with Gasteiger partial charge in [0.2, 0.25) is 0 Å². The van der Waals surface area contributed by atoms with E-state index < -0.39 is 12.4 Å². The summed E-state index contributed by atoms with van der Waals surface area (Å²) in [7, 11) is 0. The van der Waals surface area contributed by atoms with Crippen molar-refractivity contribution in [2.75, 3.05) is 6.61 Å². The minimum atomic E-state index is -4.73. The van der Waals surface area contributed by atoms with Crippen molar-refractivity contribution in [3.05, 3.63) is 53.6 Å². The van der Waals surface area contributed by atoms with E-state index in [1.807, 2.05) is 0 Å². The summed E-state index contributed by atoms with van der Waals surface area (Å²) >= 11 is 0. The maximum Gasteiger partial charge on any atom is 0.573 e. The molecule has 0 aliphatic carbocycles. The van der Waals surface area contributed by atoms with E-state index in [0.717, 1.165) is 0 Å². The highest BCUT2D eigenvalue weighted by Crippen LogP contribution is 2.31. The van der Waals surface area contributed by atoms with Crippen molar-refractivity contribution in [1.29, 1.82) is 0 Å². The first-order valence-corrected chi connectivity index (χ1v) is 6.87. The van der Waals surface area contributed by atoms with Crippen LogP contribution in [0, 0.1) is 0 Å². The summed E-state index contributed by atoms with van der Waals surface area (Å²) in [5.41, 5.74) is 7.38. The average molecular weight is 327 g/mol. The predicted octanol–water partition coefficient (Wildman–Crippen LogP) is 3.74. The molecule has 4 nitrogen and oxygen atoms in total. The van der Waals surface area contributed by atoms with Gasteiger partial charge in [-0.1, -0.05) is 18.2 Å². The van der Waals surface area contributed by atoms with E-state index in [9.17, 15) is 18.3 Å². The number of halogens is 3. The third-order valence-corrected chi connectivity index (χ3v) is 3.12. The maximum atomic E-state index is 12.1. The quantitative estimate of drug-likeness (QED) is 0.878. The molecule has 2 aromatic carbocycles. The first-order chi connectivity index (χ1) is 10.8. The minimum Gasteiger partial charge on any atom is -0.504 e. The number of benzene rings is 2. The summed E-state index contributed by atoms with van der Waals surface area (Å²) in [5.74, 6) is -0.0108. The van der Waals surface area contributed by atoms with Gasteiger partial charge in [0.25, 0.3) is 0 Å². The number of hydrogen-bond donors (Lipinski definition) is 2. The van der Waals surface area contributed by atoms with Crippen LogP contribution in [0.2, 0.25) is 0 Å². The molecule has 2 rings (SSSR count). The molecule has 23 heavy (non-hydrogen) atoms. The zero-order chi connectivity index (χ0) is 17.0. The Morgan fingerprint density at radius 1 is 1.09 bits per heavy atom. The fourth-order valence-electron chi connectivity index (χ4n) is 2.06. The zero-order valence-electron chi connectivity index (χ0n) is 12.3. The zero-order valence-corrected chi connectivity index (χ0v) is 12.3. The van der Waals surface area contributed by atoms with Crippen molar-refractivity contribution in [2.24, 2.45) is 5.73 Å². The molecule has 3 N–H and O–H groups in total. The van der Waals surface area contributed by atoms with E-state index in [0.29, 0.717) is 23.5 Å². The molecule has 0 saturated heterocycles. The van der Waals surface area contributed by atoms with E-state index in [1.54, 1.807) is 19.1 Å². The number of ether oxygens (including phenoxy) is 2. The Morgan fingerprint density at radius 3 is 2.26 bits per heavy atom. The number of phenols is 1. The van der Waals surface area contributed by atoms with Crippen molar-refractivity contribution in [2.45, 2.75) is 19.3 Å². The Balaban J connectivity index is 2.20. The molecule has 0 aliphatic heterocycles. The normalized spacial score (nSPS) is 12.7. The molecule has 0 spiro atoms. The monoisotopic (exact) mass is 327 g/mol. The number of hydrogen-bond acceptors (Lipinski definition) is 4. The molecule has 0 unspecified atom stereocenters. The summed E-state index contributed by atoms with van der Waals surface area (Å²) in [5, 5.41) is 9.67. The van der Waals surface area contributed by atoms with E-state index in [4.69, 9.17) is 10.5 Å². The topological polar surface area (TPSA) is 64.7 Å². The lowest BCUT2D eigenvalue weighted by atomic mass is 9.99. The molecule has 0 aromatic heterocycles. The lowest BCUT2D eigenvalue weighted by Crippen LogP contribution is -2.17. The van der Waals surface area contributed by atoms with E-state index >= 15 is 0 Å². The standard InChI is InChI=1S/C16H16F3NO3/c1-2-22-14-9-11(5-8-13(14)21)15(20)10-3-6-12(7-4-10)23-16(17,18)19/h3-9,15,21H,2,20H2,1H3/t15-/m1/s1. The molecule has 0 aliphatic rings. The number of aromatic hydroxyl groups is 1. The van der Waals surface area contributed by atoms with Crippen LogP contribution in [0.1, 0.15) is 24.1 Å². The van der Waals surface area contributed by atoms with Crippen LogP contribution < -0.4 is 15.2 Å². The Labute approximate surface area is 131 Å². The molecule has 7 heteroatoms. The van der Waals surface area contributed by atoms with Crippen molar-refractivity contribution >= 4 is 0 Å². The van der Waals surface area contributed by atoms with Gasteiger partial charge in [0.05, 0.1) is 12.6 Å². The van der Waals surface area contributed by atoms with Crippen LogP contribution in [0.5, 0.6) is 17.2 Å². The van der Waals surface area contributed by atoms with E-state index in [1.165, 1.54) is 30.3 Å². The Morgan fingerprint density at radius 2 is 1.70 bits per heavy atom. The molecule has 1 atom stereocenters. The van der Waals surface area contributed by atoms with Gasteiger partial charge in [-0.15, -0.1) is 13.2 Å². The van der Waals surface area contributed by atoms with Crippen LogP contribution in [0.4, 0.5) is 13.2 Å². The van der Waals surface area contributed by atoms with E-state index in [2.05, 4.69) is 4.74 Å². The average Bonchev–Trinajstić information content (AvgIpc) is 2.48. The van der Waals surface area contributed by atoms with Gasteiger partial charge in [-0.2, -0.15) is 0 Å². The predicted molar refractivity (Wildman–Crippen MR) is 78.4 cm³/mol. The first-order valence-electron chi connectivity index (χ1n) is 6.87. The van der Waals surface area contributed by atoms with Gasteiger partial charge in [-0.3, -0.25) is 0 Å². The molecule has 124 valence electrons. The van der Waals surface area contributed by atoms with Gasteiger partial charge in [0, 0.05) is 0 Å². The summed E-state index contributed by atoms with van der Waals surface area (Å²) in [6.07, 6.45) is -4.73. The Hall–Kier alpha value is -2.41. The highest BCUT2D eigenvalue weighted by atomic mass is 19.4. The van der Waals surface area contributed by atoms with Gasteiger partial charge in [0.1, 0.15) is 5.75 Å². The third kappa shape index (κ3) is 4.53. The van der Waals surface area contributed by atoms with Crippen molar-refractivity contribution < 1.29 is 27.8 Å². The largest absolute Gasteiger partial charge is 0.573 e. The summed E-state index contributed by atoms with van der Waals surface area (Å²) < 4.78 is 45.5. The molecule has 0 heterocycles. The molecular weight excluding hydrogens is 311 g/mol. The summed E-state index contributed by atoms with van der Waals surface area (Å²) in [6, 6.07) is 9.43. The van der Waals surface area contributed by atoms with Crippen LogP contribution in [-0.2, 0) is 0 Å². The number of nitrogens with two attached hydrogens (primary N) is 1. The molecule has 0 amide bonds. The minimum absolute atomic E-state index is 0.00303. The molecule has 0 radical (unpaired) electrons.